The van der Waals surface area contributed by atoms with Crippen molar-refractivity contribution in [2.45, 2.75) is 13.0 Å². The summed E-state index contributed by atoms with van der Waals surface area (Å²) in [7, 11) is 3.90. The van der Waals surface area contributed by atoms with Crippen molar-refractivity contribution in [3.63, 3.8) is 0 Å². The maximum Gasteiger partial charge on any atom is 0.255 e. The first-order valence-corrected chi connectivity index (χ1v) is 6.91. The molecule has 4 heteroatoms. The molecule has 3 N–H and O–H groups in total. The Hall–Kier alpha value is -2.33. The molecule has 1 amide bonds. The van der Waals surface area contributed by atoms with Gasteiger partial charge < -0.3 is 16.0 Å². The third-order valence-electron chi connectivity index (χ3n) is 3.32. The van der Waals surface area contributed by atoms with Gasteiger partial charge in [-0.15, -0.1) is 0 Å². The molecule has 0 heterocycles. The Kier molecular flexibility index (Phi) is 4.60. The van der Waals surface area contributed by atoms with Crippen molar-refractivity contribution in [2.24, 2.45) is 5.73 Å². The van der Waals surface area contributed by atoms with Crippen molar-refractivity contribution in [2.75, 3.05) is 24.3 Å². The summed E-state index contributed by atoms with van der Waals surface area (Å²) in [4.78, 5) is 14.2. The van der Waals surface area contributed by atoms with Crippen LogP contribution in [0, 0.1) is 0 Å². The van der Waals surface area contributed by atoms with Crippen LogP contribution in [0.15, 0.2) is 48.5 Å². The molecule has 0 radical (unpaired) electrons. The van der Waals surface area contributed by atoms with Crippen LogP contribution in [0.3, 0.4) is 0 Å². The third-order valence-corrected chi connectivity index (χ3v) is 3.32. The van der Waals surface area contributed by atoms with E-state index in [2.05, 4.69) is 5.32 Å². The normalized spacial score (nSPS) is 11.8. The maximum atomic E-state index is 12.3. The summed E-state index contributed by atoms with van der Waals surface area (Å²) in [6, 6.07) is 15.1. The lowest BCUT2D eigenvalue weighted by Gasteiger charge is -2.13. The number of carbonyl (C=O) groups excluding carboxylic acids is 1. The molecule has 2 aromatic rings. The van der Waals surface area contributed by atoms with E-state index in [-0.39, 0.29) is 11.9 Å². The molecule has 0 aliphatic heterocycles. The number of nitrogens with zero attached hydrogens (tertiary/aromatic N) is 1. The number of amides is 1. The molecule has 1 unspecified atom stereocenters. The largest absolute Gasteiger partial charge is 0.378 e. The zero-order valence-corrected chi connectivity index (χ0v) is 12.6. The molecule has 0 aliphatic carbocycles. The van der Waals surface area contributed by atoms with Gasteiger partial charge in [0.15, 0.2) is 0 Å². The van der Waals surface area contributed by atoms with Gasteiger partial charge in [-0.2, -0.15) is 0 Å². The highest BCUT2D eigenvalue weighted by atomic mass is 16.1. The fourth-order valence-electron chi connectivity index (χ4n) is 2.00. The summed E-state index contributed by atoms with van der Waals surface area (Å²) < 4.78 is 0. The van der Waals surface area contributed by atoms with E-state index in [0.717, 1.165) is 16.9 Å². The standard InChI is InChI=1S/C17H21N3O/c1-12(18)13-7-9-15(10-8-13)19-17(21)14-5-4-6-16(11-14)20(2)3/h4-12H,18H2,1-3H3,(H,19,21). The average Bonchev–Trinajstić information content (AvgIpc) is 2.48. The number of hydrogen-bond acceptors (Lipinski definition) is 3. The molecule has 2 rings (SSSR count). The first-order valence-electron chi connectivity index (χ1n) is 6.91. The first-order chi connectivity index (χ1) is 9.97. The zero-order chi connectivity index (χ0) is 15.4. The number of nitrogens with one attached hydrogen (secondary N) is 1. The second kappa shape index (κ2) is 6.41. The van der Waals surface area contributed by atoms with E-state index in [1.165, 1.54) is 0 Å². The van der Waals surface area contributed by atoms with Crippen molar-refractivity contribution in [3.05, 3.63) is 59.7 Å². The maximum absolute atomic E-state index is 12.3. The molecule has 110 valence electrons. The Morgan fingerprint density at radius 1 is 1.14 bits per heavy atom. The van der Waals surface area contributed by atoms with Crippen molar-refractivity contribution in [3.8, 4) is 0 Å². The summed E-state index contributed by atoms with van der Waals surface area (Å²) in [5.41, 5.74) is 9.25. The lowest BCUT2D eigenvalue weighted by Crippen LogP contribution is -2.14. The Morgan fingerprint density at radius 2 is 1.81 bits per heavy atom. The summed E-state index contributed by atoms with van der Waals surface area (Å²) in [6.07, 6.45) is 0. The van der Waals surface area contributed by atoms with Gasteiger partial charge >= 0.3 is 0 Å². The highest BCUT2D eigenvalue weighted by Crippen LogP contribution is 2.17. The van der Waals surface area contributed by atoms with Crippen LogP contribution in [0.4, 0.5) is 11.4 Å². The van der Waals surface area contributed by atoms with Crippen LogP contribution in [-0.2, 0) is 0 Å². The topological polar surface area (TPSA) is 58.4 Å². The van der Waals surface area contributed by atoms with Crippen molar-refractivity contribution in [1.82, 2.24) is 0 Å². The molecule has 0 aromatic heterocycles. The summed E-state index contributed by atoms with van der Waals surface area (Å²) >= 11 is 0. The smallest absolute Gasteiger partial charge is 0.255 e. The van der Waals surface area contributed by atoms with Crippen LogP contribution in [0.5, 0.6) is 0 Å². The summed E-state index contributed by atoms with van der Waals surface area (Å²) in [6.45, 7) is 1.93. The molecule has 0 spiro atoms. The SMILES string of the molecule is CC(N)c1ccc(NC(=O)c2cccc(N(C)C)c2)cc1. The van der Waals surface area contributed by atoms with Crippen molar-refractivity contribution >= 4 is 17.3 Å². The number of rotatable bonds is 4. The van der Waals surface area contributed by atoms with Gasteiger partial charge in [0.1, 0.15) is 0 Å². The molecule has 1 atom stereocenters. The number of benzene rings is 2. The molecular formula is C17H21N3O. The van der Waals surface area contributed by atoms with Crippen LogP contribution < -0.4 is 16.0 Å². The van der Waals surface area contributed by atoms with E-state index < -0.39 is 0 Å². The van der Waals surface area contributed by atoms with Crippen LogP contribution in [0.2, 0.25) is 0 Å². The third kappa shape index (κ3) is 3.83. The van der Waals surface area contributed by atoms with Gasteiger partial charge in [0.25, 0.3) is 5.91 Å². The van der Waals surface area contributed by atoms with E-state index in [9.17, 15) is 4.79 Å². The molecule has 21 heavy (non-hydrogen) atoms. The molecule has 2 aromatic carbocycles. The van der Waals surface area contributed by atoms with E-state index >= 15 is 0 Å². The summed E-state index contributed by atoms with van der Waals surface area (Å²) in [5, 5.41) is 2.89. The van der Waals surface area contributed by atoms with Gasteiger partial charge in [-0.1, -0.05) is 18.2 Å². The fourth-order valence-corrected chi connectivity index (χ4v) is 2.00. The molecule has 0 saturated heterocycles. The molecule has 0 saturated carbocycles. The minimum atomic E-state index is -0.118. The quantitative estimate of drug-likeness (QED) is 0.906. The van der Waals surface area contributed by atoms with Gasteiger partial charge in [-0.05, 0) is 42.8 Å². The lowest BCUT2D eigenvalue weighted by molar-refractivity contribution is 0.102. The number of anilines is 2. The zero-order valence-electron chi connectivity index (χ0n) is 12.6. The van der Waals surface area contributed by atoms with Crippen molar-refractivity contribution < 1.29 is 4.79 Å². The second-order valence-electron chi connectivity index (χ2n) is 5.31. The summed E-state index contributed by atoms with van der Waals surface area (Å²) in [5.74, 6) is -0.118. The van der Waals surface area contributed by atoms with Gasteiger partial charge in [0.05, 0.1) is 0 Å². The van der Waals surface area contributed by atoms with E-state index in [1.54, 1.807) is 6.07 Å². The molecule has 0 aliphatic rings. The van der Waals surface area contributed by atoms with Gasteiger partial charge in [0, 0.05) is 37.1 Å². The molecule has 0 bridgehead atoms. The van der Waals surface area contributed by atoms with E-state index in [1.807, 2.05) is 68.4 Å². The Morgan fingerprint density at radius 3 is 2.38 bits per heavy atom. The highest BCUT2D eigenvalue weighted by Gasteiger charge is 2.08. The van der Waals surface area contributed by atoms with E-state index in [0.29, 0.717) is 5.56 Å². The first kappa shape index (κ1) is 15.1. The molecule has 0 fully saturated rings. The number of nitrogens with two attached hydrogens (primary N) is 1. The molecular weight excluding hydrogens is 262 g/mol. The Balaban J connectivity index is 2.12. The Bertz CT molecular complexity index is 618. The van der Waals surface area contributed by atoms with Crippen LogP contribution >= 0.6 is 0 Å². The predicted octanol–water partition coefficient (Wildman–Crippen LogP) is 3.02. The van der Waals surface area contributed by atoms with Gasteiger partial charge in [0.2, 0.25) is 0 Å². The average molecular weight is 283 g/mol. The monoisotopic (exact) mass is 283 g/mol. The minimum absolute atomic E-state index is 0.00785. The number of carbonyl (C=O) groups is 1. The highest BCUT2D eigenvalue weighted by molar-refractivity contribution is 6.04. The Labute approximate surface area is 125 Å². The van der Waals surface area contributed by atoms with E-state index in [4.69, 9.17) is 5.73 Å². The van der Waals surface area contributed by atoms with Crippen LogP contribution in [-0.4, -0.2) is 20.0 Å². The second-order valence-corrected chi connectivity index (χ2v) is 5.31. The van der Waals surface area contributed by atoms with Gasteiger partial charge in [-0.25, -0.2) is 0 Å². The number of hydrogen-bond donors (Lipinski definition) is 2. The molecule has 4 nitrogen and oxygen atoms in total. The van der Waals surface area contributed by atoms with Crippen LogP contribution in [0.1, 0.15) is 28.9 Å². The van der Waals surface area contributed by atoms with Gasteiger partial charge in [-0.3, -0.25) is 4.79 Å². The predicted molar refractivity (Wildman–Crippen MR) is 87.8 cm³/mol. The minimum Gasteiger partial charge on any atom is -0.378 e. The fraction of sp³-hybridized carbons (Fsp3) is 0.235. The van der Waals surface area contributed by atoms with Crippen molar-refractivity contribution in [1.29, 1.82) is 0 Å². The van der Waals surface area contributed by atoms with Crippen LogP contribution in [0.25, 0.3) is 0 Å². The lowest BCUT2D eigenvalue weighted by atomic mass is 10.1.